The molecule has 2 rings (SSSR count). The number of ether oxygens (including phenoxy) is 2. The average molecular weight is 348 g/mol. The third-order valence-electron chi connectivity index (χ3n) is 3.79. The maximum Gasteiger partial charge on any atom is 0.341 e. The fraction of sp³-hybridized carbons (Fsp3) is 0.222. The van der Waals surface area contributed by atoms with Crippen molar-refractivity contribution in [3.8, 4) is 0 Å². The second-order valence-electron chi connectivity index (χ2n) is 5.22. The second kappa shape index (κ2) is 7.36. The average Bonchev–Trinajstić information content (AvgIpc) is 2.54. The van der Waals surface area contributed by atoms with Crippen LogP contribution in [0, 0.1) is 0 Å². The number of esters is 2. The van der Waals surface area contributed by atoms with Gasteiger partial charge in [0.2, 0.25) is 0 Å². The first kappa shape index (κ1) is 17.8. The van der Waals surface area contributed by atoms with E-state index < -0.39 is 17.9 Å². The number of benzene rings is 1. The van der Waals surface area contributed by atoms with Crippen LogP contribution in [0.5, 0.6) is 0 Å². The van der Waals surface area contributed by atoms with Crippen LogP contribution in [-0.2, 0) is 19.1 Å². The van der Waals surface area contributed by atoms with Gasteiger partial charge >= 0.3 is 11.9 Å². The van der Waals surface area contributed by atoms with E-state index in [0.717, 1.165) is 6.26 Å². The van der Waals surface area contributed by atoms with Gasteiger partial charge in [-0.1, -0.05) is 36.4 Å². The molecule has 1 aliphatic heterocycles. The summed E-state index contributed by atoms with van der Waals surface area (Å²) in [7, 11) is 1.29. The standard InChI is InChI=1S/C18H18ClNO4/c1-5-24-18(22)15-11(3)20-10(2)14(17(21)23-4)16(15)12-8-6-7-9-13(12)19/h5-9,16,20H,1H2,2-4H3/t16-/m1/s1. The summed E-state index contributed by atoms with van der Waals surface area (Å²) in [5, 5.41) is 3.47. The predicted molar refractivity (Wildman–Crippen MR) is 91.0 cm³/mol. The molecule has 1 N–H and O–H groups in total. The third kappa shape index (κ3) is 3.21. The van der Waals surface area contributed by atoms with E-state index in [0.29, 0.717) is 27.6 Å². The zero-order valence-corrected chi connectivity index (χ0v) is 14.4. The van der Waals surface area contributed by atoms with E-state index in [1.807, 2.05) is 0 Å². The normalized spacial score (nSPS) is 17.2. The van der Waals surface area contributed by atoms with E-state index in [1.54, 1.807) is 38.1 Å². The van der Waals surface area contributed by atoms with Crippen LogP contribution < -0.4 is 5.32 Å². The first-order valence-corrected chi connectivity index (χ1v) is 7.63. The minimum atomic E-state index is -0.695. The number of rotatable bonds is 4. The zero-order chi connectivity index (χ0) is 17.9. The second-order valence-corrected chi connectivity index (χ2v) is 5.63. The van der Waals surface area contributed by atoms with E-state index in [1.165, 1.54) is 7.11 Å². The van der Waals surface area contributed by atoms with Gasteiger partial charge < -0.3 is 14.8 Å². The van der Waals surface area contributed by atoms with Crippen LogP contribution in [0.4, 0.5) is 0 Å². The van der Waals surface area contributed by atoms with E-state index in [4.69, 9.17) is 21.1 Å². The highest BCUT2D eigenvalue weighted by atomic mass is 35.5. The summed E-state index contributed by atoms with van der Waals surface area (Å²) in [4.78, 5) is 24.8. The molecule has 5 nitrogen and oxygen atoms in total. The van der Waals surface area contributed by atoms with E-state index in [2.05, 4.69) is 11.9 Å². The molecule has 1 aliphatic rings. The molecule has 0 fully saturated rings. The number of hydrogen-bond donors (Lipinski definition) is 1. The van der Waals surface area contributed by atoms with Crippen LogP contribution in [0.25, 0.3) is 0 Å². The monoisotopic (exact) mass is 347 g/mol. The van der Waals surface area contributed by atoms with E-state index in [-0.39, 0.29) is 5.57 Å². The topological polar surface area (TPSA) is 64.6 Å². The largest absolute Gasteiger partial charge is 0.466 e. The van der Waals surface area contributed by atoms with Gasteiger partial charge in [0, 0.05) is 16.4 Å². The van der Waals surface area contributed by atoms with Crippen LogP contribution in [0.15, 0.2) is 59.6 Å². The first-order chi connectivity index (χ1) is 11.4. The summed E-state index contributed by atoms with van der Waals surface area (Å²) in [5.74, 6) is -1.84. The highest BCUT2D eigenvalue weighted by molar-refractivity contribution is 6.31. The van der Waals surface area contributed by atoms with Crippen molar-refractivity contribution < 1.29 is 19.1 Å². The Morgan fingerprint density at radius 2 is 1.75 bits per heavy atom. The quantitative estimate of drug-likeness (QED) is 0.667. The molecule has 0 spiro atoms. The number of carbonyl (C=O) groups is 2. The fourth-order valence-corrected chi connectivity index (χ4v) is 3.05. The number of nitrogens with one attached hydrogen (secondary N) is 1. The molecule has 0 unspecified atom stereocenters. The van der Waals surface area contributed by atoms with Gasteiger partial charge in [0.05, 0.1) is 30.4 Å². The van der Waals surface area contributed by atoms with Crippen LogP contribution >= 0.6 is 11.6 Å². The van der Waals surface area contributed by atoms with Gasteiger partial charge in [0.25, 0.3) is 0 Å². The number of methoxy groups -OCH3 is 1. The Bertz CT molecular complexity index is 764. The molecule has 0 bridgehead atoms. The summed E-state index contributed by atoms with van der Waals surface area (Å²) in [5.41, 5.74) is 2.40. The number of allylic oxidation sites excluding steroid dienone is 2. The smallest absolute Gasteiger partial charge is 0.341 e. The zero-order valence-electron chi connectivity index (χ0n) is 13.7. The maximum atomic E-state index is 12.5. The molecule has 1 atom stereocenters. The van der Waals surface area contributed by atoms with Crippen LogP contribution in [0.1, 0.15) is 25.3 Å². The maximum absolute atomic E-state index is 12.5. The lowest BCUT2D eigenvalue weighted by atomic mass is 9.80. The number of dihydropyridines is 1. The highest BCUT2D eigenvalue weighted by Crippen LogP contribution is 2.41. The first-order valence-electron chi connectivity index (χ1n) is 7.25. The summed E-state index contributed by atoms with van der Waals surface area (Å²) < 4.78 is 9.85. The highest BCUT2D eigenvalue weighted by Gasteiger charge is 2.38. The molecule has 0 saturated carbocycles. The van der Waals surface area contributed by atoms with Gasteiger partial charge in [-0.05, 0) is 25.5 Å². The third-order valence-corrected chi connectivity index (χ3v) is 4.14. The Balaban J connectivity index is 2.71. The molecule has 0 aliphatic carbocycles. The van der Waals surface area contributed by atoms with Crippen molar-refractivity contribution in [1.29, 1.82) is 0 Å². The van der Waals surface area contributed by atoms with Gasteiger partial charge in [-0.3, -0.25) is 0 Å². The molecule has 0 saturated heterocycles. The van der Waals surface area contributed by atoms with Crippen molar-refractivity contribution in [2.45, 2.75) is 19.8 Å². The van der Waals surface area contributed by atoms with Gasteiger partial charge in [-0.25, -0.2) is 9.59 Å². The molecule has 0 amide bonds. The van der Waals surface area contributed by atoms with Crippen molar-refractivity contribution in [3.05, 3.63) is 70.2 Å². The Morgan fingerprint density at radius 3 is 2.29 bits per heavy atom. The lowest BCUT2D eigenvalue weighted by Crippen LogP contribution is -2.32. The molecular formula is C18H18ClNO4. The molecular weight excluding hydrogens is 330 g/mol. The molecule has 1 heterocycles. The summed E-state index contributed by atoms with van der Waals surface area (Å²) in [6, 6.07) is 7.04. The fourth-order valence-electron chi connectivity index (χ4n) is 2.80. The SMILES string of the molecule is C=COC(=O)C1=C(C)NC(C)=C(C(=O)OC)[C@H]1c1ccccc1Cl. The molecule has 0 aromatic heterocycles. The Hall–Kier alpha value is -2.53. The Kier molecular flexibility index (Phi) is 5.46. The molecule has 1 aromatic rings. The Labute approximate surface area is 145 Å². The van der Waals surface area contributed by atoms with Crippen molar-refractivity contribution in [1.82, 2.24) is 5.32 Å². The molecule has 24 heavy (non-hydrogen) atoms. The number of hydrogen-bond acceptors (Lipinski definition) is 5. The van der Waals surface area contributed by atoms with Crippen LogP contribution in [0.3, 0.4) is 0 Å². The van der Waals surface area contributed by atoms with Gasteiger partial charge in [0.1, 0.15) is 0 Å². The minimum absolute atomic E-state index is 0.286. The van der Waals surface area contributed by atoms with Crippen molar-refractivity contribution >= 4 is 23.5 Å². The molecule has 0 radical (unpaired) electrons. The number of carbonyl (C=O) groups excluding carboxylic acids is 2. The lowest BCUT2D eigenvalue weighted by Gasteiger charge is -2.30. The van der Waals surface area contributed by atoms with Crippen molar-refractivity contribution in [2.24, 2.45) is 0 Å². The molecule has 1 aromatic carbocycles. The lowest BCUT2D eigenvalue weighted by molar-refractivity contribution is -0.136. The molecule has 126 valence electrons. The molecule has 6 heteroatoms. The van der Waals surface area contributed by atoms with Crippen LogP contribution in [0.2, 0.25) is 5.02 Å². The summed E-state index contributed by atoms with van der Waals surface area (Å²) in [6.45, 7) is 6.89. The van der Waals surface area contributed by atoms with Gasteiger partial charge in [-0.15, -0.1) is 0 Å². The van der Waals surface area contributed by atoms with Crippen LogP contribution in [-0.4, -0.2) is 19.0 Å². The van der Waals surface area contributed by atoms with Gasteiger partial charge in [0.15, 0.2) is 0 Å². The van der Waals surface area contributed by atoms with Crippen molar-refractivity contribution in [2.75, 3.05) is 7.11 Å². The number of halogens is 1. The minimum Gasteiger partial charge on any atom is -0.466 e. The summed E-state index contributed by atoms with van der Waals surface area (Å²) >= 11 is 6.32. The van der Waals surface area contributed by atoms with Gasteiger partial charge in [-0.2, -0.15) is 0 Å². The van der Waals surface area contributed by atoms with E-state index >= 15 is 0 Å². The summed E-state index contributed by atoms with van der Waals surface area (Å²) in [6.07, 6.45) is 1.05. The Morgan fingerprint density at radius 1 is 1.17 bits per heavy atom. The van der Waals surface area contributed by atoms with E-state index in [9.17, 15) is 9.59 Å². The van der Waals surface area contributed by atoms with Crippen molar-refractivity contribution in [3.63, 3.8) is 0 Å². The predicted octanol–water partition coefficient (Wildman–Crippen LogP) is 3.43.